The smallest absolute Gasteiger partial charge is 0.140 e. The number of rotatable bonds is 3. The summed E-state index contributed by atoms with van der Waals surface area (Å²) in [6, 6.07) is 1.83. The minimum atomic E-state index is -0.255. The minimum absolute atomic E-state index is 0.130. The molecule has 3 nitrogen and oxygen atoms in total. The van der Waals surface area contributed by atoms with E-state index in [1.54, 1.807) is 13.1 Å². The van der Waals surface area contributed by atoms with Gasteiger partial charge in [-0.15, -0.1) is 0 Å². The number of allylic oxidation sites excluding steroid dienone is 3. The van der Waals surface area contributed by atoms with Gasteiger partial charge in [0, 0.05) is 23.0 Å². The van der Waals surface area contributed by atoms with Crippen molar-refractivity contribution in [2.45, 2.75) is 20.8 Å². The highest BCUT2D eigenvalue weighted by atomic mass is 35.5. The fraction of sp³-hybridized carbons (Fsp3) is 0.250. The topological polar surface area (TPSA) is 37.3 Å². The van der Waals surface area contributed by atoms with Crippen molar-refractivity contribution >= 4 is 23.0 Å². The number of halogens is 2. The molecule has 2 rings (SSSR count). The maximum Gasteiger partial charge on any atom is 0.140 e. The van der Waals surface area contributed by atoms with E-state index in [0.717, 1.165) is 22.4 Å². The van der Waals surface area contributed by atoms with Crippen molar-refractivity contribution in [2.75, 3.05) is 6.54 Å². The molecule has 0 aromatic carbocycles. The van der Waals surface area contributed by atoms with Gasteiger partial charge in [-0.05, 0) is 32.9 Å². The molecule has 5 heteroatoms. The molecule has 0 bridgehead atoms. The first-order valence-corrected chi connectivity index (χ1v) is 6.94. The van der Waals surface area contributed by atoms with Gasteiger partial charge in [-0.25, -0.2) is 9.38 Å². The molecule has 0 atom stereocenters. The Kier molecular flexibility index (Phi) is 4.58. The van der Waals surface area contributed by atoms with E-state index < -0.39 is 0 Å². The lowest BCUT2D eigenvalue weighted by atomic mass is 10.0. The van der Waals surface area contributed by atoms with E-state index >= 15 is 0 Å². The van der Waals surface area contributed by atoms with Gasteiger partial charge >= 0.3 is 0 Å². The molecule has 1 aliphatic heterocycles. The van der Waals surface area contributed by atoms with Crippen LogP contribution in [0.5, 0.6) is 0 Å². The maximum absolute atomic E-state index is 13.5. The second-order valence-electron chi connectivity index (χ2n) is 5.00. The quantitative estimate of drug-likeness (QED) is 0.850. The van der Waals surface area contributed by atoms with Crippen LogP contribution in [-0.4, -0.2) is 17.4 Å². The summed E-state index contributed by atoms with van der Waals surface area (Å²) in [6.45, 7) is 9.47. The van der Waals surface area contributed by atoms with E-state index in [9.17, 15) is 4.39 Å². The molecule has 1 aromatic heterocycles. The zero-order chi connectivity index (χ0) is 15.6. The van der Waals surface area contributed by atoms with Crippen LogP contribution < -0.4 is 5.32 Å². The number of hydrogen-bond acceptors (Lipinski definition) is 3. The van der Waals surface area contributed by atoms with Gasteiger partial charge in [0.1, 0.15) is 11.7 Å². The molecule has 1 N–H and O–H groups in total. The summed E-state index contributed by atoms with van der Waals surface area (Å²) in [5.41, 5.74) is 3.73. The molecule has 0 spiro atoms. The van der Waals surface area contributed by atoms with Gasteiger partial charge < -0.3 is 5.32 Å². The highest BCUT2D eigenvalue weighted by Crippen LogP contribution is 2.25. The van der Waals surface area contributed by atoms with E-state index in [-0.39, 0.29) is 12.4 Å². The summed E-state index contributed by atoms with van der Waals surface area (Å²) in [4.78, 5) is 8.56. The van der Waals surface area contributed by atoms with Gasteiger partial charge in [-0.1, -0.05) is 23.8 Å². The highest BCUT2D eigenvalue weighted by molar-refractivity contribution is 6.31. The normalized spacial score (nSPS) is 15.7. The summed E-state index contributed by atoms with van der Waals surface area (Å²) in [5.74, 6) is 0.346. The molecule has 0 aliphatic carbocycles. The third-order valence-electron chi connectivity index (χ3n) is 3.07. The minimum Gasteiger partial charge on any atom is -0.363 e. The lowest BCUT2D eigenvalue weighted by Gasteiger charge is -2.19. The third-order valence-corrected chi connectivity index (χ3v) is 3.28. The summed E-state index contributed by atoms with van der Waals surface area (Å²) >= 11 is 6.05. The van der Waals surface area contributed by atoms with E-state index in [1.165, 1.54) is 0 Å². The van der Waals surface area contributed by atoms with Crippen LogP contribution in [-0.2, 0) is 0 Å². The standard InChI is InChI=1S/C16H17ClFN3/c1-9(2)5-14(13-6-12(17)7-19-10(13)3)16-20-8-15(18)11(4)21-16/h5-7H,1,8H2,2-4H3,(H,20,21)/b14-5+. The number of aromatic nitrogens is 1. The van der Waals surface area contributed by atoms with E-state index in [4.69, 9.17) is 11.6 Å². The molecule has 1 aromatic rings. The molecular formula is C16H17ClFN3. The van der Waals surface area contributed by atoms with E-state index in [1.807, 2.05) is 26.0 Å². The summed E-state index contributed by atoms with van der Waals surface area (Å²) in [7, 11) is 0. The Bertz CT molecular complexity index is 687. The Hall–Kier alpha value is -1.94. The van der Waals surface area contributed by atoms with Crippen LogP contribution >= 0.6 is 11.6 Å². The van der Waals surface area contributed by atoms with Gasteiger partial charge in [0.25, 0.3) is 0 Å². The van der Waals surface area contributed by atoms with Crippen molar-refractivity contribution in [2.24, 2.45) is 4.99 Å². The lowest BCUT2D eigenvalue weighted by molar-refractivity contribution is 0.584. The number of pyridine rings is 1. The number of nitrogens with one attached hydrogen (secondary N) is 1. The first-order chi connectivity index (χ1) is 9.88. The Labute approximate surface area is 129 Å². The first kappa shape index (κ1) is 15.4. The Morgan fingerprint density at radius 2 is 2.19 bits per heavy atom. The summed E-state index contributed by atoms with van der Waals surface area (Å²) < 4.78 is 13.5. The van der Waals surface area contributed by atoms with Crippen molar-refractivity contribution < 1.29 is 4.39 Å². The first-order valence-electron chi connectivity index (χ1n) is 6.56. The molecule has 0 saturated carbocycles. The molecule has 21 heavy (non-hydrogen) atoms. The Balaban J connectivity index is 2.58. The second kappa shape index (κ2) is 6.22. The molecule has 0 fully saturated rings. The zero-order valence-corrected chi connectivity index (χ0v) is 13.1. The van der Waals surface area contributed by atoms with Crippen molar-refractivity contribution in [3.63, 3.8) is 0 Å². The fourth-order valence-corrected chi connectivity index (χ4v) is 2.17. The number of hydrogen-bond donors (Lipinski definition) is 1. The Morgan fingerprint density at radius 1 is 1.48 bits per heavy atom. The largest absolute Gasteiger partial charge is 0.363 e. The number of amidine groups is 1. The van der Waals surface area contributed by atoms with Gasteiger partial charge in [0.05, 0.1) is 17.3 Å². The average molecular weight is 306 g/mol. The van der Waals surface area contributed by atoms with E-state index in [2.05, 4.69) is 21.9 Å². The van der Waals surface area contributed by atoms with Crippen LogP contribution in [0.15, 0.2) is 47.0 Å². The molecule has 0 saturated heterocycles. The maximum atomic E-state index is 13.5. The van der Waals surface area contributed by atoms with Gasteiger partial charge in [-0.3, -0.25) is 4.98 Å². The van der Waals surface area contributed by atoms with Crippen molar-refractivity contribution in [1.29, 1.82) is 0 Å². The third kappa shape index (κ3) is 3.58. The molecule has 0 radical (unpaired) electrons. The average Bonchev–Trinajstić information content (AvgIpc) is 2.42. The Morgan fingerprint density at radius 3 is 2.81 bits per heavy atom. The molecule has 110 valence electrons. The number of nitrogens with zero attached hydrogens (tertiary/aromatic N) is 2. The zero-order valence-electron chi connectivity index (χ0n) is 12.3. The number of aliphatic imine (C=N–C) groups is 1. The molecule has 1 aliphatic rings. The van der Waals surface area contributed by atoms with Crippen LogP contribution in [0, 0.1) is 6.92 Å². The molecular weight excluding hydrogens is 289 g/mol. The van der Waals surface area contributed by atoms with Crippen molar-refractivity contribution in [3.8, 4) is 0 Å². The van der Waals surface area contributed by atoms with Crippen LogP contribution in [0.4, 0.5) is 4.39 Å². The molecule has 0 unspecified atom stereocenters. The van der Waals surface area contributed by atoms with Gasteiger partial charge in [0.2, 0.25) is 0 Å². The monoisotopic (exact) mass is 305 g/mol. The summed E-state index contributed by atoms with van der Waals surface area (Å²) in [6.07, 6.45) is 3.49. The highest BCUT2D eigenvalue weighted by Gasteiger charge is 2.18. The van der Waals surface area contributed by atoms with E-state index in [0.29, 0.717) is 16.6 Å². The predicted molar refractivity (Wildman–Crippen MR) is 86.0 cm³/mol. The van der Waals surface area contributed by atoms with Gasteiger partial charge in [0.15, 0.2) is 0 Å². The second-order valence-corrected chi connectivity index (χ2v) is 5.43. The predicted octanol–water partition coefficient (Wildman–Crippen LogP) is 4.21. The van der Waals surface area contributed by atoms with Gasteiger partial charge in [-0.2, -0.15) is 0 Å². The van der Waals surface area contributed by atoms with Crippen LogP contribution in [0.25, 0.3) is 5.57 Å². The summed E-state index contributed by atoms with van der Waals surface area (Å²) in [5, 5.41) is 3.53. The number of aryl methyl sites for hydroxylation is 1. The van der Waals surface area contributed by atoms with Crippen molar-refractivity contribution in [3.05, 3.63) is 58.3 Å². The van der Waals surface area contributed by atoms with Crippen LogP contribution in [0.3, 0.4) is 0 Å². The SMILES string of the molecule is C=C(C)/C=C(/C1=NC(C)=C(F)CN1)c1cc(Cl)cnc1C. The van der Waals surface area contributed by atoms with Crippen LogP contribution in [0.2, 0.25) is 5.02 Å². The molecule has 0 amide bonds. The molecule has 2 heterocycles. The fourth-order valence-electron chi connectivity index (χ4n) is 2.01. The lowest BCUT2D eigenvalue weighted by Crippen LogP contribution is -2.30. The van der Waals surface area contributed by atoms with Crippen LogP contribution in [0.1, 0.15) is 25.1 Å². The van der Waals surface area contributed by atoms with Crippen molar-refractivity contribution in [1.82, 2.24) is 10.3 Å².